The van der Waals surface area contributed by atoms with E-state index < -0.39 is 0 Å². The molecule has 4 nitrogen and oxygen atoms in total. The van der Waals surface area contributed by atoms with Crippen molar-refractivity contribution in [1.82, 2.24) is 9.78 Å². The SMILES string of the molecule is CC(=O)Cn1ncc(C)c(C)c1=O. The summed E-state index contributed by atoms with van der Waals surface area (Å²) in [5.41, 5.74) is 1.32. The molecule has 0 aliphatic rings. The third-order valence-corrected chi connectivity index (χ3v) is 1.91. The molecule has 0 spiro atoms. The Labute approximate surface area is 76.2 Å². The summed E-state index contributed by atoms with van der Waals surface area (Å²) in [5, 5.41) is 3.86. The molecule has 13 heavy (non-hydrogen) atoms. The Morgan fingerprint density at radius 1 is 1.54 bits per heavy atom. The largest absolute Gasteiger partial charge is 0.298 e. The number of aryl methyl sites for hydroxylation is 1. The van der Waals surface area contributed by atoms with Crippen LogP contribution in [0.15, 0.2) is 11.0 Å². The minimum atomic E-state index is -0.185. The first-order valence-electron chi connectivity index (χ1n) is 4.05. The number of carbonyl (C=O) groups is 1. The summed E-state index contributed by atoms with van der Waals surface area (Å²) in [5.74, 6) is -0.0714. The van der Waals surface area contributed by atoms with Crippen LogP contribution in [0.2, 0.25) is 0 Å². The van der Waals surface area contributed by atoms with Crippen molar-refractivity contribution >= 4 is 5.78 Å². The van der Waals surface area contributed by atoms with Crippen LogP contribution >= 0.6 is 0 Å². The summed E-state index contributed by atoms with van der Waals surface area (Å²) >= 11 is 0. The highest BCUT2D eigenvalue weighted by atomic mass is 16.1. The lowest BCUT2D eigenvalue weighted by Gasteiger charge is -2.03. The molecule has 0 radical (unpaired) electrons. The Bertz CT molecular complexity index is 393. The average Bonchev–Trinajstić information content (AvgIpc) is 2.06. The van der Waals surface area contributed by atoms with Crippen LogP contribution in [0.4, 0.5) is 0 Å². The first kappa shape index (κ1) is 9.64. The van der Waals surface area contributed by atoms with E-state index in [2.05, 4.69) is 5.10 Å². The minimum Gasteiger partial charge on any atom is -0.298 e. The molecule has 0 aliphatic carbocycles. The van der Waals surface area contributed by atoms with E-state index in [-0.39, 0.29) is 17.9 Å². The van der Waals surface area contributed by atoms with Gasteiger partial charge < -0.3 is 0 Å². The van der Waals surface area contributed by atoms with E-state index in [0.717, 1.165) is 5.56 Å². The standard InChI is InChI=1S/C9H12N2O2/c1-6-4-10-11(5-7(2)12)9(13)8(6)3/h4H,5H2,1-3H3. The van der Waals surface area contributed by atoms with Crippen LogP contribution in [-0.4, -0.2) is 15.6 Å². The van der Waals surface area contributed by atoms with Crippen molar-refractivity contribution in [3.63, 3.8) is 0 Å². The quantitative estimate of drug-likeness (QED) is 0.664. The summed E-state index contributed by atoms with van der Waals surface area (Å²) in [6, 6.07) is 0. The second-order valence-corrected chi connectivity index (χ2v) is 3.12. The van der Waals surface area contributed by atoms with Crippen LogP contribution in [0.25, 0.3) is 0 Å². The van der Waals surface area contributed by atoms with E-state index in [4.69, 9.17) is 0 Å². The van der Waals surface area contributed by atoms with Crippen LogP contribution in [0, 0.1) is 13.8 Å². The molecule has 1 rings (SSSR count). The maximum absolute atomic E-state index is 11.5. The molecular formula is C9H12N2O2. The summed E-state index contributed by atoms with van der Waals surface area (Å²) < 4.78 is 1.19. The van der Waals surface area contributed by atoms with Gasteiger partial charge in [0.1, 0.15) is 6.54 Å². The van der Waals surface area contributed by atoms with E-state index in [1.165, 1.54) is 11.6 Å². The van der Waals surface area contributed by atoms with Gasteiger partial charge >= 0.3 is 0 Å². The highest BCUT2D eigenvalue weighted by Gasteiger charge is 2.04. The van der Waals surface area contributed by atoms with Gasteiger partial charge in [0.2, 0.25) is 0 Å². The van der Waals surface area contributed by atoms with E-state index in [1.54, 1.807) is 13.1 Å². The molecule has 0 aromatic carbocycles. The van der Waals surface area contributed by atoms with E-state index in [0.29, 0.717) is 5.56 Å². The minimum absolute atomic E-state index is 0.0555. The molecule has 0 N–H and O–H groups in total. The van der Waals surface area contributed by atoms with Gasteiger partial charge in [-0.25, -0.2) is 4.68 Å². The number of hydrogen-bond donors (Lipinski definition) is 0. The van der Waals surface area contributed by atoms with Crippen molar-refractivity contribution in [3.05, 3.63) is 27.7 Å². The summed E-state index contributed by atoms with van der Waals surface area (Å²) in [4.78, 5) is 22.2. The summed E-state index contributed by atoms with van der Waals surface area (Å²) in [6.07, 6.45) is 1.60. The molecule has 0 bridgehead atoms. The molecule has 0 saturated carbocycles. The van der Waals surface area contributed by atoms with Gasteiger partial charge in [-0.15, -0.1) is 0 Å². The molecule has 1 heterocycles. The monoisotopic (exact) mass is 180 g/mol. The zero-order valence-corrected chi connectivity index (χ0v) is 8.00. The number of hydrogen-bond acceptors (Lipinski definition) is 3. The van der Waals surface area contributed by atoms with Gasteiger partial charge in [-0.2, -0.15) is 5.10 Å². The number of ketones is 1. The molecule has 0 unspecified atom stereocenters. The van der Waals surface area contributed by atoms with Gasteiger partial charge in [-0.1, -0.05) is 0 Å². The lowest BCUT2D eigenvalue weighted by Crippen LogP contribution is -2.27. The van der Waals surface area contributed by atoms with E-state index >= 15 is 0 Å². The Morgan fingerprint density at radius 2 is 2.15 bits per heavy atom. The predicted octanol–water partition coefficient (Wildman–Crippen LogP) is 0.449. The Balaban J connectivity index is 3.19. The van der Waals surface area contributed by atoms with Gasteiger partial charge in [-0.05, 0) is 26.3 Å². The fourth-order valence-corrected chi connectivity index (χ4v) is 0.991. The van der Waals surface area contributed by atoms with Crippen LogP contribution in [0.5, 0.6) is 0 Å². The Kier molecular flexibility index (Phi) is 2.60. The lowest BCUT2D eigenvalue weighted by atomic mass is 10.2. The number of aromatic nitrogens is 2. The highest BCUT2D eigenvalue weighted by Crippen LogP contribution is 1.96. The number of rotatable bonds is 2. The van der Waals surface area contributed by atoms with Crippen LogP contribution < -0.4 is 5.56 Å². The predicted molar refractivity (Wildman–Crippen MR) is 48.7 cm³/mol. The molecule has 70 valence electrons. The van der Waals surface area contributed by atoms with Crippen molar-refractivity contribution in [2.75, 3.05) is 0 Å². The molecule has 1 aromatic heterocycles. The Hall–Kier alpha value is -1.45. The van der Waals surface area contributed by atoms with Gasteiger partial charge in [0, 0.05) is 5.56 Å². The van der Waals surface area contributed by atoms with Crippen molar-refractivity contribution in [2.24, 2.45) is 0 Å². The first-order chi connectivity index (χ1) is 6.02. The zero-order chi connectivity index (χ0) is 10.0. The van der Waals surface area contributed by atoms with Crippen molar-refractivity contribution in [3.8, 4) is 0 Å². The van der Waals surface area contributed by atoms with Gasteiger partial charge in [0.05, 0.1) is 6.20 Å². The molecule has 0 saturated heterocycles. The van der Waals surface area contributed by atoms with E-state index in [1.807, 2.05) is 6.92 Å². The molecule has 1 aromatic rings. The zero-order valence-electron chi connectivity index (χ0n) is 8.00. The number of Topliss-reactive ketones (excluding diaryl/α,β-unsaturated/α-hetero) is 1. The number of carbonyl (C=O) groups excluding carboxylic acids is 1. The maximum atomic E-state index is 11.5. The molecule has 4 heteroatoms. The summed E-state index contributed by atoms with van der Waals surface area (Å²) in [6.45, 7) is 5.04. The summed E-state index contributed by atoms with van der Waals surface area (Å²) in [7, 11) is 0. The first-order valence-corrected chi connectivity index (χ1v) is 4.05. The van der Waals surface area contributed by atoms with Crippen LogP contribution in [0.3, 0.4) is 0 Å². The van der Waals surface area contributed by atoms with Crippen molar-refractivity contribution in [1.29, 1.82) is 0 Å². The van der Waals surface area contributed by atoms with Crippen LogP contribution in [-0.2, 0) is 11.3 Å². The van der Waals surface area contributed by atoms with Gasteiger partial charge in [-0.3, -0.25) is 9.59 Å². The smallest absolute Gasteiger partial charge is 0.270 e. The van der Waals surface area contributed by atoms with Crippen LogP contribution in [0.1, 0.15) is 18.1 Å². The average molecular weight is 180 g/mol. The molecule has 0 aliphatic heterocycles. The molecule has 0 fully saturated rings. The molecular weight excluding hydrogens is 168 g/mol. The maximum Gasteiger partial charge on any atom is 0.270 e. The molecule has 0 amide bonds. The number of nitrogens with zero attached hydrogens (tertiary/aromatic N) is 2. The lowest BCUT2D eigenvalue weighted by molar-refractivity contribution is -0.117. The Morgan fingerprint density at radius 3 is 2.69 bits per heavy atom. The fraction of sp³-hybridized carbons (Fsp3) is 0.444. The van der Waals surface area contributed by atoms with E-state index in [9.17, 15) is 9.59 Å². The van der Waals surface area contributed by atoms with Crippen molar-refractivity contribution < 1.29 is 4.79 Å². The second-order valence-electron chi connectivity index (χ2n) is 3.12. The third kappa shape index (κ3) is 2.02. The fourth-order valence-electron chi connectivity index (χ4n) is 0.991. The second kappa shape index (κ2) is 3.51. The topological polar surface area (TPSA) is 52.0 Å². The molecule has 0 atom stereocenters. The van der Waals surface area contributed by atoms with Gasteiger partial charge in [0.25, 0.3) is 5.56 Å². The highest BCUT2D eigenvalue weighted by molar-refractivity contribution is 5.75. The third-order valence-electron chi connectivity index (χ3n) is 1.91. The van der Waals surface area contributed by atoms with Gasteiger partial charge in [0.15, 0.2) is 5.78 Å². The van der Waals surface area contributed by atoms with Crippen molar-refractivity contribution in [2.45, 2.75) is 27.3 Å². The normalized spacial score (nSPS) is 10.1.